The van der Waals surface area contributed by atoms with Crippen LogP contribution in [0.25, 0.3) is 0 Å². The molecule has 0 aromatic heterocycles. The van der Waals surface area contributed by atoms with E-state index in [1.807, 2.05) is 24.3 Å². The molecule has 0 radical (unpaired) electrons. The lowest BCUT2D eigenvalue weighted by Gasteiger charge is -2.35. The first-order valence-corrected chi connectivity index (χ1v) is 9.90. The summed E-state index contributed by atoms with van der Waals surface area (Å²) in [6.07, 6.45) is 0. The highest BCUT2D eigenvalue weighted by Gasteiger charge is 2.23. The van der Waals surface area contributed by atoms with Crippen LogP contribution in [0.15, 0.2) is 46.9 Å². The summed E-state index contributed by atoms with van der Waals surface area (Å²) in [7, 11) is 0. The number of rotatable bonds is 5. The lowest BCUT2D eigenvalue weighted by molar-refractivity contribution is 0.0162. The molecular formula is C19H19BrCl2N2O2. The number of hydrogen-bond acceptors (Lipinski definition) is 3. The summed E-state index contributed by atoms with van der Waals surface area (Å²) in [5.74, 6) is -0.185. The first-order valence-electron chi connectivity index (χ1n) is 8.35. The Balaban J connectivity index is 1.74. The molecule has 7 heteroatoms. The quantitative estimate of drug-likeness (QED) is 0.715. The lowest BCUT2D eigenvalue weighted by atomic mass is 10.0. The highest BCUT2D eigenvalue weighted by Crippen LogP contribution is 2.24. The Morgan fingerprint density at radius 1 is 1.15 bits per heavy atom. The van der Waals surface area contributed by atoms with Gasteiger partial charge in [0.15, 0.2) is 0 Å². The Hall–Kier alpha value is -1.11. The van der Waals surface area contributed by atoms with E-state index in [1.165, 1.54) is 0 Å². The van der Waals surface area contributed by atoms with Crippen LogP contribution in [-0.4, -0.2) is 43.7 Å². The topological polar surface area (TPSA) is 41.6 Å². The average molecular weight is 458 g/mol. The van der Waals surface area contributed by atoms with E-state index in [9.17, 15) is 4.79 Å². The number of halogens is 3. The molecule has 138 valence electrons. The SMILES string of the molecule is O=C(NCC(c1ccc(Cl)cc1)N1CCOCC1)c1ccc(Br)cc1Cl. The predicted molar refractivity (Wildman–Crippen MR) is 108 cm³/mol. The minimum Gasteiger partial charge on any atom is -0.379 e. The average Bonchev–Trinajstić information content (AvgIpc) is 2.64. The van der Waals surface area contributed by atoms with E-state index in [0.717, 1.165) is 23.1 Å². The molecule has 2 aromatic rings. The summed E-state index contributed by atoms with van der Waals surface area (Å²) >= 11 is 15.6. The van der Waals surface area contributed by atoms with Gasteiger partial charge in [0, 0.05) is 29.1 Å². The van der Waals surface area contributed by atoms with Crippen molar-refractivity contribution in [3.05, 3.63) is 68.1 Å². The van der Waals surface area contributed by atoms with Gasteiger partial charge in [-0.25, -0.2) is 0 Å². The molecular weight excluding hydrogens is 439 g/mol. The molecule has 1 N–H and O–H groups in total. The molecule has 26 heavy (non-hydrogen) atoms. The fourth-order valence-electron chi connectivity index (χ4n) is 2.99. The van der Waals surface area contributed by atoms with Crippen molar-refractivity contribution in [1.82, 2.24) is 10.2 Å². The number of benzene rings is 2. The molecule has 2 aromatic carbocycles. The van der Waals surface area contributed by atoms with Crippen molar-refractivity contribution in [2.45, 2.75) is 6.04 Å². The molecule has 0 spiro atoms. The van der Waals surface area contributed by atoms with Crippen LogP contribution in [0.4, 0.5) is 0 Å². The molecule has 0 aliphatic carbocycles. The number of hydrogen-bond donors (Lipinski definition) is 1. The molecule has 0 bridgehead atoms. The van der Waals surface area contributed by atoms with E-state index in [4.69, 9.17) is 27.9 Å². The number of nitrogens with one attached hydrogen (secondary N) is 1. The maximum absolute atomic E-state index is 12.6. The zero-order chi connectivity index (χ0) is 18.5. The molecule has 1 heterocycles. The summed E-state index contributed by atoms with van der Waals surface area (Å²) in [6, 6.07) is 13.0. The molecule has 1 saturated heterocycles. The zero-order valence-electron chi connectivity index (χ0n) is 14.1. The highest BCUT2D eigenvalue weighted by atomic mass is 79.9. The van der Waals surface area contributed by atoms with E-state index in [-0.39, 0.29) is 11.9 Å². The summed E-state index contributed by atoms with van der Waals surface area (Å²) in [5.41, 5.74) is 1.57. The second-order valence-corrected chi connectivity index (χ2v) is 7.81. The molecule has 3 rings (SSSR count). The van der Waals surface area contributed by atoms with Gasteiger partial charge in [0.2, 0.25) is 0 Å². The first-order chi connectivity index (χ1) is 12.5. The normalized spacial score (nSPS) is 16.3. The van der Waals surface area contributed by atoms with Crippen molar-refractivity contribution in [3.63, 3.8) is 0 Å². The van der Waals surface area contributed by atoms with E-state index >= 15 is 0 Å². The van der Waals surface area contributed by atoms with Gasteiger partial charge in [-0.2, -0.15) is 0 Å². The fourth-order valence-corrected chi connectivity index (χ4v) is 3.88. The third-order valence-corrected chi connectivity index (χ3v) is 5.43. The molecule has 0 saturated carbocycles. The van der Waals surface area contributed by atoms with Crippen LogP contribution < -0.4 is 5.32 Å². The number of nitrogens with zero attached hydrogens (tertiary/aromatic N) is 1. The Labute approximate surface area is 171 Å². The summed E-state index contributed by atoms with van der Waals surface area (Å²) < 4.78 is 6.29. The van der Waals surface area contributed by atoms with Crippen LogP contribution in [0.1, 0.15) is 22.0 Å². The summed E-state index contributed by atoms with van der Waals surface area (Å²) in [4.78, 5) is 14.9. The summed E-state index contributed by atoms with van der Waals surface area (Å²) in [6.45, 7) is 3.50. The first kappa shape index (κ1) is 19.6. The molecule has 1 aliphatic heterocycles. The number of ether oxygens (including phenoxy) is 1. The molecule has 1 unspecified atom stereocenters. The second kappa shape index (κ2) is 9.20. The molecule has 1 fully saturated rings. The van der Waals surface area contributed by atoms with Gasteiger partial charge in [-0.05, 0) is 35.9 Å². The molecule has 4 nitrogen and oxygen atoms in total. The number of morpholine rings is 1. The highest BCUT2D eigenvalue weighted by molar-refractivity contribution is 9.10. The minimum absolute atomic E-state index is 0.0503. The van der Waals surface area contributed by atoms with Crippen LogP contribution in [-0.2, 0) is 4.74 Å². The van der Waals surface area contributed by atoms with Gasteiger partial charge in [-0.3, -0.25) is 9.69 Å². The van der Waals surface area contributed by atoms with Crippen molar-refractivity contribution in [2.75, 3.05) is 32.8 Å². The van der Waals surface area contributed by atoms with Gasteiger partial charge >= 0.3 is 0 Å². The molecule has 1 amide bonds. The third-order valence-electron chi connectivity index (χ3n) is 4.37. The van der Waals surface area contributed by atoms with Crippen molar-refractivity contribution < 1.29 is 9.53 Å². The monoisotopic (exact) mass is 456 g/mol. The van der Waals surface area contributed by atoms with Gasteiger partial charge in [0.25, 0.3) is 5.91 Å². The smallest absolute Gasteiger partial charge is 0.252 e. The van der Waals surface area contributed by atoms with Crippen LogP contribution in [0.2, 0.25) is 10.0 Å². The minimum atomic E-state index is -0.185. The fraction of sp³-hybridized carbons (Fsp3) is 0.316. The molecule has 1 atom stereocenters. The van der Waals surface area contributed by atoms with Crippen molar-refractivity contribution in [2.24, 2.45) is 0 Å². The lowest BCUT2D eigenvalue weighted by Crippen LogP contribution is -2.43. The Morgan fingerprint density at radius 3 is 2.50 bits per heavy atom. The maximum Gasteiger partial charge on any atom is 0.252 e. The number of carbonyl (C=O) groups is 1. The Kier molecular flexibility index (Phi) is 6.95. The van der Waals surface area contributed by atoms with Crippen LogP contribution in [0, 0.1) is 0 Å². The van der Waals surface area contributed by atoms with Gasteiger partial charge in [0.1, 0.15) is 0 Å². The molecule has 1 aliphatic rings. The number of amides is 1. The summed E-state index contributed by atoms with van der Waals surface area (Å²) in [5, 5.41) is 4.13. The van der Waals surface area contributed by atoms with Gasteiger partial charge < -0.3 is 10.1 Å². The van der Waals surface area contributed by atoms with Gasteiger partial charge in [-0.15, -0.1) is 0 Å². The van der Waals surface area contributed by atoms with Crippen molar-refractivity contribution in [3.8, 4) is 0 Å². The van der Waals surface area contributed by atoms with Crippen LogP contribution >= 0.6 is 39.1 Å². The van der Waals surface area contributed by atoms with Crippen molar-refractivity contribution >= 4 is 45.0 Å². The standard InChI is InChI=1S/C19H19BrCl2N2O2/c20-14-3-6-16(17(22)11-14)19(25)23-12-18(24-7-9-26-10-8-24)13-1-4-15(21)5-2-13/h1-6,11,18H,7-10,12H2,(H,23,25). The van der Waals surface area contributed by atoms with Crippen LogP contribution in [0.5, 0.6) is 0 Å². The zero-order valence-corrected chi connectivity index (χ0v) is 17.1. The predicted octanol–water partition coefficient (Wildman–Crippen LogP) is 4.56. The second-order valence-electron chi connectivity index (χ2n) is 6.05. The van der Waals surface area contributed by atoms with Crippen LogP contribution in [0.3, 0.4) is 0 Å². The van der Waals surface area contributed by atoms with Gasteiger partial charge in [-0.1, -0.05) is 51.3 Å². The number of carbonyl (C=O) groups excluding carboxylic acids is 1. The van der Waals surface area contributed by atoms with E-state index in [1.54, 1.807) is 18.2 Å². The maximum atomic E-state index is 12.6. The van der Waals surface area contributed by atoms with E-state index in [0.29, 0.717) is 35.4 Å². The third kappa shape index (κ3) is 4.99. The Morgan fingerprint density at radius 2 is 1.85 bits per heavy atom. The van der Waals surface area contributed by atoms with E-state index < -0.39 is 0 Å². The van der Waals surface area contributed by atoms with Gasteiger partial charge in [0.05, 0.1) is 29.8 Å². The van der Waals surface area contributed by atoms with Crippen molar-refractivity contribution in [1.29, 1.82) is 0 Å². The Bertz CT molecular complexity index is 765. The largest absolute Gasteiger partial charge is 0.379 e. The van der Waals surface area contributed by atoms with E-state index in [2.05, 4.69) is 26.1 Å².